The molecule has 0 radical (unpaired) electrons. The number of halogens is 1. The number of hydrogen-bond donors (Lipinski definition) is 1. The number of carbonyl (C=O) groups excluding carboxylic acids is 1. The Morgan fingerprint density at radius 2 is 1.88 bits per heavy atom. The molecular formula is C12H25ClN2O. The normalized spacial score (nSPS) is 23.6. The lowest BCUT2D eigenvalue weighted by atomic mass is 9.89. The number of hydrogen-bond acceptors (Lipinski definition) is 2. The third-order valence-corrected chi connectivity index (χ3v) is 3.42. The van der Waals surface area contributed by atoms with E-state index in [1.54, 1.807) is 6.92 Å². The van der Waals surface area contributed by atoms with Crippen molar-refractivity contribution in [2.75, 3.05) is 13.1 Å². The molecule has 1 fully saturated rings. The molecule has 1 aliphatic rings. The lowest BCUT2D eigenvalue weighted by Crippen LogP contribution is -2.42. The van der Waals surface area contributed by atoms with Crippen LogP contribution in [0, 0.1) is 11.8 Å². The standard InChI is InChI=1S/C12H24N2O.ClH/c1-9(2)11-5-4-7-14(8-6-11)12(15)10(3)13;/h9-11H,4-8,13H2,1-3H3;1H/t10-,11?;/m0./s1. The molecule has 0 bridgehead atoms. The van der Waals surface area contributed by atoms with Crippen LogP contribution < -0.4 is 5.73 Å². The summed E-state index contributed by atoms with van der Waals surface area (Å²) in [5.41, 5.74) is 5.62. The molecule has 16 heavy (non-hydrogen) atoms. The predicted molar refractivity (Wildman–Crippen MR) is 69.7 cm³/mol. The highest BCUT2D eigenvalue weighted by atomic mass is 35.5. The summed E-state index contributed by atoms with van der Waals surface area (Å²) in [6.07, 6.45) is 3.51. The average Bonchev–Trinajstić information content (AvgIpc) is 2.41. The second-order valence-electron chi connectivity index (χ2n) is 5.05. The number of nitrogens with two attached hydrogens (primary N) is 1. The first kappa shape index (κ1) is 15.7. The summed E-state index contributed by atoms with van der Waals surface area (Å²) in [7, 11) is 0. The Bertz CT molecular complexity index is 219. The number of rotatable bonds is 2. The quantitative estimate of drug-likeness (QED) is 0.813. The van der Waals surface area contributed by atoms with Gasteiger partial charge in [0.15, 0.2) is 0 Å². The summed E-state index contributed by atoms with van der Waals surface area (Å²) in [5, 5.41) is 0. The van der Waals surface area contributed by atoms with Crippen molar-refractivity contribution in [3.05, 3.63) is 0 Å². The minimum atomic E-state index is -0.347. The molecule has 0 aromatic rings. The van der Waals surface area contributed by atoms with Crippen molar-refractivity contribution in [1.82, 2.24) is 4.90 Å². The fourth-order valence-corrected chi connectivity index (χ4v) is 2.30. The van der Waals surface area contributed by atoms with Crippen molar-refractivity contribution in [3.63, 3.8) is 0 Å². The molecule has 2 atom stereocenters. The van der Waals surface area contributed by atoms with E-state index in [0.717, 1.165) is 37.8 Å². The third-order valence-electron chi connectivity index (χ3n) is 3.42. The zero-order valence-electron chi connectivity index (χ0n) is 10.6. The summed E-state index contributed by atoms with van der Waals surface area (Å²) in [4.78, 5) is 13.7. The molecule has 1 unspecified atom stereocenters. The van der Waals surface area contributed by atoms with E-state index < -0.39 is 0 Å². The van der Waals surface area contributed by atoms with E-state index in [9.17, 15) is 4.79 Å². The Morgan fingerprint density at radius 1 is 1.25 bits per heavy atom. The average molecular weight is 249 g/mol. The minimum Gasteiger partial charge on any atom is -0.341 e. The van der Waals surface area contributed by atoms with Crippen molar-refractivity contribution < 1.29 is 4.79 Å². The van der Waals surface area contributed by atoms with Gasteiger partial charge in [-0.25, -0.2) is 0 Å². The van der Waals surface area contributed by atoms with Gasteiger partial charge in [0.05, 0.1) is 6.04 Å². The molecule has 0 aromatic heterocycles. The van der Waals surface area contributed by atoms with Crippen LogP contribution in [-0.2, 0) is 4.79 Å². The molecule has 1 aliphatic heterocycles. The maximum atomic E-state index is 11.7. The lowest BCUT2D eigenvalue weighted by molar-refractivity contribution is -0.132. The first-order valence-electron chi connectivity index (χ1n) is 6.06. The van der Waals surface area contributed by atoms with Gasteiger partial charge < -0.3 is 10.6 Å². The molecule has 1 saturated heterocycles. The number of likely N-dealkylation sites (tertiary alicyclic amines) is 1. The highest BCUT2D eigenvalue weighted by Gasteiger charge is 2.23. The van der Waals surface area contributed by atoms with E-state index in [1.165, 1.54) is 6.42 Å². The van der Waals surface area contributed by atoms with Gasteiger partial charge in [0.25, 0.3) is 0 Å². The van der Waals surface area contributed by atoms with Crippen LogP contribution in [0.5, 0.6) is 0 Å². The van der Waals surface area contributed by atoms with Crippen LogP contribution in [0.1, 0.15) is 40.0 Å². The Labute approximate surface area is 105 Å². The summed E-state index contributed by atoms with van der Waals surface area (Å²) in [5.74, 6) is 1.62. The smallest absolute Gasteiger partial charge is 0.239 e. The Balaban J connectivity index is 0.00000225. The molecule has 4 heteroatoms. The molecule has 1 rings (SSSR count). The summed E-state index contributed by atoms with van der Waals surface area (Å²) >= 11 is 0. The Hall–Kier alpha value is -0.280. The zero-order chi connectivity index (χ0) is 11.4. The van der Waals surface area contributed by atoms with Gasteiger partial charge in [0.1, 0.15) is 0 Å². The minimum absolute atomic E-state index is 0. The molecule has 96 valence electrons. The number of amides is 1. The van der Waals surface area contributed by atoms with Crippen molar-refractivity contribution in [2.45, 2.75) is 46.1 Å². The highest BCUT2D eigenvalue weighted by molar-refractivity contribution is 5.85. The fourth-order valence-electron chi connectivity index (χ4n) is 2.30. The van der Waals surface area contributed by atoms with Gasteiger partial charge in [-0.3, -0.25) is 4.79 Å². The van der Waals surface area contributed by atoms with Crippen LogP contribution in [0.2, 0.25) is 0 Å². The predicted octanol–water partition coefficient (Wildman–Crippen LogP) is 2.04. The molecule has 0 spiro atoms. The van der Waals surface area contributed by atoms with Crippen LogP contribution in [0.4, 0.5) is 0 Å². The molecule has 0 saturated carbocycles. The van der Waals surface area contributed by atoms with Crippen molar-refractivity contribution in [2.24, 2.45) is 17.6 Å². The lowest BCUT2D eigenvalue weighted by Gasteiger charge is -2.23. The molecule has 2 N–H and O–H groups in total. The van der Waals surface area contributed by atoms with E-state index in [2.05, 4.69) is 13.8 Å². The number of carbonyl (C=O) groups is 1. The Kier molecular flexibility index (Phi) is 7.00. The van der Waals surface area contributed by atoms with E-state index in [1.807, 2.05) is 4.90 Å². The third kappa shape index (κ3) is 4.30. The SMILES string of the molecule is CC(C)C1CCCN(C(=O)[C@H](C)N)CC1.Cl. The van der Waals surface area contributed by atoms with Crippen molar-refractivity contribution in [3.8, 4) is 0 Å². The maximum absolute atomic E-state index is 11.7. The molecule has 0 aliphatic carbocycles. The van der Waals surface area contributed by atoms with Crippen LogP contribution in [0.25, 0.3) is 0 Å². The molecule has 0 aromatic carbocycles. The van der Waals surface area contributed by atoms with Gasteiger partial charge in [0.2, 0.25) is 5.91 Å². The second-order valence-corrected chi connectivity index (χ2v) is 5.05. The van der Waals surface area contributed by atoms with Crippen LogP contribution in [0.3, 0.4) is 0 Å². The van der Waals surface area contributed by atoms with Gasteiger partial charge >= 0.3 is 0 Å². The Morgan fingerprint density at radius 3 is 2.38 bits per heavy atom. The van der Waals surface area contributed by atoms with Crippen molar-refractivity contribution in [1.29, 1.82) is 0 Å². The summed E-state index contributed by atoms with van der Waals surface area (Å²) < 4.78 is 0. The number of nitrogens with zero attached hydrogens (tertiary/aromatic N) is 1. The first-order valence-corrected chi connectivity index (χ1v) is 6.06. The summed E-state index contributed by atoms with van der Waals surface area (Å²) in [6, 6.07) is -0.347. The van der Waals surface area contributed by atoms with Gasteiger partial charge in [-0.1, -0.05) is 13.8 Å². The van der Waals surface area contributed by atoms with Gasteiger partial charge in [-0.15, -0.1) is 12.4 Å². The molecule has 1 heterocycles. The molecule has 3 nitrogen and oxygen atoms in total. The maximum Gasteiger partial charge on any atom is 0.239 e. The van der Waals surface area contributed by atoms with E-state index in [0.29, 0.717) is 0 Å². The monoisotopic (exact) mass is 248 g/mol. The van der Waals surface area contributed by atoms with Crippen LogP contribution in [-0.4, -0.2) is 29.9 Å². The first-order chi connectivity index (χ1) is 7.02. The fraction of sp³-hybridized carbons (Fsp3) is 0.917. The van der Waals surface area contributed by atoms with E-state index in [4.69, 9.17) is 5.73 Å². The van der Waals surface area contributed by atoms with Gasteiger partial charge in [-0.2, -0.15) is 0 Å². The second kappa shape index (κ2) is 7.13. The van der Waals surface area contributed by atoms with Gasteiger partial charge in [-0.05, 0) is 38.0 Å². The van der Waals surface area contributed by atoms with Crippen LogP contribution in [0.15, 0.2) is 0 Å². The molecule has 1 amide bonds. The molecular weight excluding hydrogens is 224 g/mol. The topological polar surface area (TPSA) is 46.3 Å². The zero-order valence-corrected chi connectivity index (χ0v) is 11.4. The van der Waals surface area contributed by atoms with Gasteiger partial charge in [0, 0.05) is 13.1 Å². The van der Waals surface area contributed by atoms with Crippen LogP contribution >= 0.6 is 12.4 Å². The summed E-state index contributed by atoms with van der Waals surface area (Å²) in [6.45, 7) is 8.10. The van der Waals surface area contributed by atoms with Crippen molar-refractivity contribution >= 4 is 18.3 Å². The van der Waals surface area contributed by atoms with E-state index in [-0.39, 0.29) is 24.4 Å². The highest BCUT2D eigenvalue weighted by Crippen LogP contribution is 2.24. The van der Waals surface area contributed by atoms with E-state index >= 15 is 0 Å². The largest absolute Gasteiger partial charge is 0.341 e.